The van der Waals surface area contributed by atoms with Crippen molar-refractivity contribution in [1.82, 2.24) is 4.31 Å². The van der Waals surface area contributed by atoms with Crippen LogP contribution < -0.4 is 4.90 Å². The average molecular weight is 424 g/mol. The van der Waals surface area contributed by atoms with E-state index in [9.17, 15) is 8.42 Å². The molecule has 0 radical (unpaired) electrons. The van der Waals surface area contributed by atoms with Crippen molar-refractivity contribution in [3.63, 3.8) is 0 Å². The van der Waals surface area contributed by atoms with Crippen LogP contribution in [0.3, 0.4) is 0 Å². The molecule has 0 spiro atoms. The summed E-state index contributed by atoms with van der Waals surface area (Å²) < 4.78 is 27.8. The lowest BCUT2D eigenvalue weighted by Gasteiger charge is -2.31. The maximum atomic E-state index is 13.1. The molecule has 1 aliphatic heterocycles. The predicted molar refractivity (Wildman–Crippen MR) is 122 cm³/mol. The van der Waals surface area contributed by atoms with Crippen LogP contribution in [0.15, 0.2) is 71.6 Å². The standard InChI is InChI=1S/C25H30N2O2S/c1-3-20(2)21-11-13-24(14-12-21)30(28,29)27-17-15-26(16-18-27)19-23-9-6-8-22-7-4-5-10-25(22)23/h4-14,20H,3,15-19H2,1-2H3/p+1/t20-/m0/s1. The minimum absolute atomic E-state index is 0.409. The second-order valence-corrected chi connectivity index (χ2v) is 10.3. The number of hydrogen-bond acceptors (Lipinski definition) is 2. The Hall–Kier alpha value is -2.21. The number of fused-ring (bicyclic) bond motifs is 1. The summed E-state index contributed by atoms with van der Waals surface area (Å²) in [5, 5.41) is 2.56. The highest BCUT2D eigenvalue weighted by atomic mass is 32.2. The molecule has 0 unspecified atom stereocenters. The van der Waals surface area contributed by atoms with Crippen LogP contribution in [0.1, 0.15) is 37.3 Å². The molecule has 4 rings (SSSR count). The normalized spacial score (nSPS) is 17.3. The third kappa shape index (κ3) is 4.29. The molecule has 0 bridgehead atoms. The van der Waals surface area contributed by atoms with Gasteiger partial charge in [-0.3, -0.25) is 0 Å². The molecule has 1 N–H and O–H groups in total. The van der Waals surface area contributed by atoms with E-state index >= 15 is 0 Å². The molecule has 5 heteroatoms. The van der Waals surface area contributed by atoms with Crippen LogP contribution in [0, 0.1) is 0 Å². The molecule has 0 amide bonds. The summed E-state index contributed by atoms with van der Waals surface area (Å²) >= 11 is 0. The Balaban J connectivity index is 1.42. The summed E-state index contributed by atoms with van der Waals surface area (Å²) in [6.07, 6.45) is 1.05. The lowest BCUT2D eigenvalue weighted by Crippen LogP contribution is -3.13. The third-order valence-corrected chi connectivity index (χ3v) is 8.36. The fourth-order valence-corrected chi connectivity index (χ4v) is 5.73. The first-order chi connectivity index (χ1) is 14.5. The molecule has 1 saturated heterocycles. The van der Waals surface area contributed by atoms with Crippen LogP contribution in [0.2, 0.25) is 0 Å². The second-order valence-electron chi connectivity index (χ2n) is 8.35. The van der Waals surface area contributed by atoms with Gasteiger partial charge in [0.1, 0.15) is 6.54 Å². The van der Waals surface area contributed by atoms with Crippen molar-refractivity contribution >= 4 is 20.8 Å². The molecule has 3 aromatic rings. The highest BCUT2D eigenvalue weighted by Gasteiger charge is 2.30. The van der Waals surface area contributed by atoms with E-state index in [-0.39, 0.29) is 0 Å². The molecule has 1 aliphatic rings. The number of benzene rings is 3. The smallest absolute Gasteiger partial charge is 0.243 e. The minimum Gasteiger partial charge on any atom is -0.329 e. The number of piperazine rings is 1. The summed E-state index contributed by atoms with van der Waals surface area (Å²) in [7, 11) is -3.42. The minimum atomic E-state index is -3.42. The number of rotatable bonds is 6. The fourth-order valence-electron chi connectivity index (χ4n) is 4.29. The first-order valence-corrected chi connectivity index (χ1v) is 12.3. The van der Waals surface area contributed by atoms with Gasteiger partial charge < -0.3 is 4.90 Å². The van der Waals surface area contributed by atoms with Crippen LogP contribution in [0.5, 0.6) is 0 Å². The molecule has 30 heavy (non-hydrogen) atoms. The van der Waals surface area contributed by atoms with Crippen molar-refractivity contribution < 1.29 is 13.3 Å². The van der Waals surface area contributed by atoms with Gasteiger partial charge in [0.05, 0.1) is 31.1 Å². The van der Waals surface area contributed by atoms with Gasteiger partial charge in [-0.2, -0.15) is 4.31 Å². The van der Waals surface area contributed by atoms with E-state index in [1.807, 2.05) is 12.1 Å². The average Bonchev–Trinajstić information content (AvgIpc) is 2.79. The van der Waals surface area contributed by atoms with Crippen molar-refractivity contribution in [2.45, 2.75) is 37.6 Å². The van der Waals surface area contributed by atoms with Gasteiger partial charge in [0.25, 0.3) is 0 Å². The van der Waals surface area contributed by atoms with E-state index in [4.69, 9.17) is 0 Å². The third-order valence-electron chi connectivity index (χ3n) is 6.45. The Morgan fingerprint density at radius 2 is 1.60 bits per heavy atom. The summed E-state index contributed by atoms with van der Waals surface area (Å²) in [5.41, 5.74) is 2.53. The van der Waals surface area contributed by atoms with Crippen LogP contribution in [0.4, 0.5) is 0 Å². The topological polar surface area (TPSA) is 41.8 Å². The van der Waals surface area contributed by atoms with Crippen LogP contribution in [-0.2, 0) is 16.6 Å². The number of hydrogen-bond donors (Lipinski definition) is 1. The Morgan fingerprint density at radius 1 is 0.933 bits per heavy atom. The van der Waals surface area contributed by atoms with E-state index in [0.717, 1.165) is 26.1 Å². The van der Waals surface area contributed by atoms with Crippen LogP contribution >= 0.6 is 0 Å². The zero-order valence-electron chi connectivity index (χ0n) is 17.8. The largest absolute Gasteiger partial charge is 0.329 e. The fraction of sp³-hybridized carbons (Fsp3) is 0.360. The van der Waals surface area contributed by atoms with Crippen molar-refractivity contribution in [2.75, 3.05) is 26.2 Å². The number of nitrogens with one attached hydrogen (secondary N) is 1. The van der Waals surface area contributed by atoms with E-state index < -0.39 is 10.0 Å². The molecule has 4 nitrogen and oxygen atoms in total. The molecule has 1 fully saturated rings. The van der Waals surface area contributed by atoms with E-state index in [0.29, 0.717) is 23.9 Å². The zero-order chi connectivity index (χ0) is 21.1. The first-order valence-electron chi connectivity index (χ1n) is 10.9. The SMILES string of the molecule is CC[C@H](C)c1ccc(S(=O)(=O)N2CC[NH+](Cc3cccc4ccccc34)CC2)cc1. The molecule has 0 saturated carbocycles. The van der Waals surface area contributed by atoms with E-state index in [1.165, 1.54) is 26.8 Å². The molecular weight excluding hydrogens is 392 g/mol. The van der Waals surface area contributed by atoms with Crippen molar-refractivity contribution in [1.29, 1.82) is 0 Å². The molecule has 1 atom stereocenters. The van der Waals surface area contributed by atoms with Crippen molar-refractivity contribution in [3.05, 3.63) is 77.9 Å². The Kier molecular flexibility index (Phi) is 6.23. The highest BCUT2D eigenvalue weighted by molar-refractivity contribution is 7.89. The predicted octanol–water partition coefficient (Wildman–Crippen LogP) is 3.44. The quantitative estimate of drug-likeness (QED) is 0.660. The Bertz CT molecular complexity index is 1100. The lowest BCUT2D eigenvalue weighted by atomic mass is 9.99. The molecule has 158 valence electrons. The Morgan fingerprint density at radius 3 is 2.30 bits per heavy atom. The molecule has 0 aromatic heterocycles. The number of sulfonamides is 1. The van der Waals surface area contributed by atoms with Crippen molar-refractivity contribution in [3.8, 4) is 0 Å². The van der Waals surface area contributed by atoms with Gasteiger partial charge in [-0.05, 0) is 40.8 Å². The van der Waals surface area contributed by atoms with Gasteiger partial charge in [-0.25, -0.2) is 8.42 Å². The summed E-state index contributed by atoms with van der Waals surface area (Å²) in [6.45, 7) is 8.03. The maximum absolute atomic E-state index is 13.1. The van der Waals surface area contributed by atoms with Gasteiger partial charge >= 0.3 is 0 Å². The van der Waals surface area contributed by atoms with E-state index in [1.54, 1.807) is 16.4 Å². The monoisotopic (exact) mass is 423 g/mol. The summed E-state index contributed by atoms with van der Waals surface area (Å²) in [6, 6.07) is 22.4. The van der Waals surface area contributed by atoms with Crippen molar-refractivity contribution in [2.24, 2.45) is 0 Å². The number of quaternary nitrogens is 1. The molecular formula is C25H31N2O2S+. The van der Waals surface area contributed by atoms with Gasteiger partial charge in [-0.15, -0.1) is 0 Å². The van der Waals surface area contributed by atoms with Gasteiger partial charge in [-0.1, -0.05) is 68.4 Å². The first kappa shape index (κ1) is 21.0. The van der Waals surface area contributed by atoms with Crippen LogP contribution in [-0.4, -0.2) is 38.9 Å². The molecule has 0 aliphatic carbocycles. The van der Waals surface area contributed by atoms with Crippen LogP contribution in [0.25, 0.3) is 10.8 Å². The molecule has 3 aromatic carbocycles. The Labute approximate surface area is 180 Å². The van der Waals surface area contributed by atoms with E-state index in [2.05, 4.69) is 56.3 Å². The summed E-state index contributed by atoms with van der Waals surface area (Å²) in [5.74, 6) is 0.447. The zero-order valence-corrected chi connectivity index (χ0v) is 18.7. The number of nitrogens with zero attached hydrogens (tertiary/aromatic N) is 1. The second kappa shape index (κ2) is 8.88. The van der Waals surface area contributed by atoms with Gasteiger partial charge in [0.15, 0.2) is 0 Å². The van der Waals surface area contributed by atoms with Gasteiger partial charge in [0.2, 0.25) is 10.0 Å². The molecule has 1 heterocycles. The van der Waals surface area contributed by atoms with Gasteiger partial charge in [0, 0.05) is 5.56 Å². The maximum Gasteiger partial charge on any atom is 0.243 e. The highest BCUT2D eigenvalue weighted by Crippen LogP contribution is 2.22. The summed E-state index contributed by atoms with van der Waals surface area (Å²) in [4.78, 5) is 1.84. The lowest BCUT2D eigenvalue weighted by molar-refractivity contribution is -0.917.